The van der Waals surface area contributed by atoms with E-state index in [1.807, 2.05) is 0 Å². The Balaban J connectivity index is 1.51. The van der Waals surface area contributed by atoms with Crippen molar-refractivity contribution in [2.24, 2.45) is 17.8 Å². The maximum Gasteiger partial charge on any atom is 0.330 e. The lowest BCUT2D eigenvalue weighted by atomic mass is 9.83. The van der Waals surface area contributed by atoms with Gasteiger partial charge in [0.1, 0.15) is 35.6 Å². The quantitative estimate of drug-likeness (QED) is 0.171. The molecule has 0 amide bonds. The highest BCUT2D eigenvalue weighted by atomic mass is 16.8. The number of methoxy groups -OCH3 is 2. The third-order valence-electron chi connectivity index (χ3n) is 10.6. The van der Waals surface area contributed by atoms with E-state index in [-0.39, 0.29) is 25.9 Å². The van der Waals surface area contributed by atoms with Gasteiger partial charge in [-0.05, 0) is 52.7 Å². The third kappa shape index (κ3) is 9.38. The smallest absolute Gasteiger partial charge is 0.330 e. The number of fused-ring (bicyclic) bond motifs is 1. The summed E-state index contributed by atoms with van der Waals surface area (Å²) in [6.07, 6.45) is -4.86. The number of ketones is 1. The van der Waals surface area contributed by atoms with Crippen LogP contribution in [0.4, 0.5) is 0 Å². The zero-order valence-electron chi connectivity index (χ0n) is 30.1. The minimum atomic E-state index is -1.78. The highest BCUT2D eigenvalue weighted by Gasteiger charge is 2.51. The van der Waals surface area contributed by atoms with Crippen molar-refractivity contribution >= 4 is 11.8 Å². The maximum absolute atomic E-state index is 13.2. The van der Waals surface area contributed by atoms with Crippen molar-refractivity contribution in [2.45, 2.75) is 146 Å². The van der Waals surface area contributed by atoms with Gasteiger partial charge in [-0.1, -0.05) is 19.9 Å². The van der Waals surface area contributed by atoms with Gasteiger partial charge in [-0.15, -0.1) is 0 Å². The van der Waals surface area contributed by atoms with Gasteiger partial charge >= 0.3 is 5.97 Å². The number of rotatable bonds is 8. The lowest BCUT2D eigenvalue weighted by molar-refractivity contribution is -0.338. The molecule has 0 saturated carbocycles. The molecule has 0 aromatic heterocycles. The van der Waals surface area contributed by atoms with Gasteiger partial charge in [0.25, 0.3) is 0 Å². The van der Waals surface area contributed by atoms with Crippen molar-refractivity contribution in [1.82, 2.24) is 0 Å². The second-order valence-corrected chi connectivity index (χ2v) is 14.4. The monoisotopic (exact) mass is 716 g/mol. The predicted molar refractivity (Wildman–Crippen MR) is 174 cm³/mol. The zero-order chi connectivity index (χ0) is 37.1. The van der Waals surface area contributed by atoms with Gasteiger partial charge < -0.3 is 63.4 Å². The van der Waals surface area contributed by atoms with Crippen LogP contribution >= 0.6 is 0 Å². The molecular weight excluding hydrogens is 660 g/mol. The van der Waals surface area contributed by atoms with Crippen LogP contribution in [0.15, 0.2) is 24.3 Å². The summed E-state index contributed by atoms with van der Waals surface area (Å²) in [5, 5.41) is 53.7. The van der Waals surface area contributed by atoms with E-state index in [9.17, 15) is 35.1 Å². The average molecular weight is 717 g/mol. The van der Waals surface area contributed by atoms with Crippen LogP contribution in [0.2, 0.25) is 0 Å². The molecule has 0 radical (unpaired) electrons. The van der Waals surface area contributed by atoms with Gasteiger partial charge in [0.2, 0.25) is 0 Å². The lowest BCUT2D eigenvalue weighted by Gasteiger charge is -2.46. The number of carbonyl (C=O) groups excluding carboxylic acids is 2. The third-order valence-corrected chi connectivity index (χ3v) is 10.6. The van der Waals surface area contributed by atoms with Crippen molar-refractivity contribution in [3.8, 4) is 0 Å². The fraction of sp³-hybridized carbons (Fsp3) is 0.829. The number of epoxide rings is 1. The van der Waals surface area contributed by atoms with Gasteiger partial charge in [-0.3, -0.25) is 4.79 Å². The minimum Gasteiger partial charge on any atom is -0.459 e. The van der Waals surface area contributed by atoms with Gasteiger partial charge in [0, 0.05) is 44.5 Å². The first-order valence-corrected chi connectivity index (χ1v) is 17.3. The molecule has 286 valence electrons. The van der Waals surface area contributed by atoms with E-state index in [1.165, 1.54) is 40.2 Å². The molecule has 0 aliphatic carbocycles. The van der Waals surface area contributed by atoms with E-state index in [1.54, 1.807) is 39.8 Å². The highest BCUT2D eigenvalue weighted by Crippen LogP contribution is 2.37. The molecule has 17 atom stereocenters. The molecule has 4 heterocycles. The molecule has 5 N–H and O–H groups in total. The van der Waals surface area contributed by atoms with Crippen molar-refractivity contribution in [1.29, 1.82) is 0 Å². The van der Waals surface area contributed by atoms with E-state index < -0.39 is 115 Å². The molecule has 0 aromatic carbocycles. The molecule has 4 rings (SSSR count). The number of cyclic esters (lactones) is 1. The summed E-state index contributed by atoms with van der Waals surface area (Å²) in [4.78, 5) is 26.3. The van der Waals surface area contributed by atoms with Crippen LogP contribution in [0.1, 0.15) is 60.8 Å². The largest absolute Gasteiger partial charge is 0.459 e. The second-order valence-electron chi connectivity index (χ2n) is 14.4. The van der Waals surface area contributed by atoms with E-state index in [0.29, 0.717) is 0 Å². The molecule has 15 nitrogen and oxygen atoms in total. The molecule has 3 fully saturated rings. The standard InChI is InChI=1S/C35H56O15/c1-17-9-12-27(39)46-19(3)22(16-45-31-18(2)28(40)30(43-7)33(44-8)50-31)29-25(48-29)10-11-26(38)34(6,41)14-13-24(17)49-32-23(37)15-35(42,20(4)36)21(5)47-32/h9-12,17-25,28-33,36-37,40-42H,13-16H2,1-8H3. The molecule has 4 aliphatic rings. The topological polar surface area (TPSA) is 212 Å². The van der Waals surface area contributed by atoms with E-state index >= 15 is 0 Å². The summed E-state index contributed by atoms with van der Waals surface area (Å²) in [6, 6.07) is 0. The van der Waals surface area contributed by atoms with Crippen molar-refractivity contribution < 1.29 is 73.0 Å². The lowest BCUT2D eigenvalue weighted by Crippen LogP contribution is -2.60. The number of aliphatic hydroxyl groups is 5. The zero-order valence-corrected chi connectivity index (χ0v) is 30.1. The van der Waals surface area contributed by atoms with Crippen molar-refractivity contribution in [3.63, 3.8) is 0 Å². The SMILES string of the molecule is COC1OC(OCC2C(C)OC(=O)C=CC(C)C(OC3OC(C)C(O)(C(C)O)CC3O)CCC(C)(O)C(=O)C=CC3OC32)C(C)C(O)C1OC. The number of aliphatic hydroxyl groups excluding tert-OH is 3. The van der Waals surface area contributed by atoms with E-state index in [0.717, 1.165) is 0 Å². The Morgan fingerprint density at radius 1 is 0.960 bits per heavy atom. The van der Waals surface area contributed by atoms with E-state index in [4.69, 9.17) is 37.9 Å². The van der Waals surface area contributed by atoms with Crippen LogP contribution in [0, 0.1) is 17.8 Å². The Morgan fingerprint density at radius 2 is 1.66 bits per heavy atom. The normalized spacial score (nSPS) is 47.0. The Labute approximate surface area is 293 Å². The number of ether oxygens (including phenoxy) is 8. The molecule has 0 aromatic rings. The molecule has 0 bridgehead atoms. The number of carbonyl (C=O) groups is 2. The Kier molecular flexibility index (Phi) is 13.8. The van der Waals surface area contributed by atoms with Gasteiger partial charge in [0.05, 0.1) is 37.1 Å². The van der Waals surface area contributed by atoms with Crippen LogP contribution in [0.3, 0.4) is 0 Å². The Bertz CT molecular complexity index is 1200. The summed E-state index contributed by atoms with van der Waals surface area (Å²) < 4.78 is 46.4. The molecule has 50 heavy (non-hydrogen) atoms. The van der Waals surface area contributed by atoms with Crippen molar-refractivity contribution in [3.05, 3.63) is 24.3 Å². The number of hydrogen-bond donors (Lipinski definition) is 5. The summed E-state index contributed by atoms with van der Waals surface area (Å²) in [6.45, 7) is 9.61. The van der Waals surface area contributed by atoms with Crippen LogP contribution < -0.4 is 0 Å². The maximum atomic E-state index is 13.2. The van der Waals surface area contributed by atoms with Crippen molar-refractivity contribution in [2.75, 3.05) is 20.8 Å². The summed E-state index contributed by atoms with van der Waals surface area (Å²) in [7, 11) is 2.88. The van der Waals surface area contributed by atoms with Crippen LogP contribution in [-0.2, 0) is 47.5 Å². The van der Waals surface area contributed by atoms with Gasteiger partial charge in [0.15, 0.2) is 24.7 Å². The van der Waals surface area contributed by atoms with Gasteiger partial charge in [-0.2, -0.15) is 0 Å². The first-order chi connectivity index (χ1) is 23.4. The predicted octanol–water partition coefficient (Wildman–Crippen LogP) is 0.514. The fourth-order valence-electron chi connectivity index (χ4n) is 6.76. The minimum absolute atomic E-state index is 0.00722. The molecular formula is C35H56O15. The Hall–Kier alpha value is -1.86. The fourth-order valence-corrected chi connectivity index (χ4v) is 6.76. The first kappa shape index (κ1) is 40.9. The van der Waals surface area contributed by atoms with Gasteiger partial charge in [-0.25, -0.2) is 4.79 Å². The number of esters is 1. The molecule has 15 heteroatoms. The average Bonchev–Trinajstić information content (AvgIpc) is 3.83. The number of hydrogen-bond acceptors (Lipinski definition) is 15. The van der Waals surface area contributed by atoms with Crippen LogP contribution in [0.25, 0.3) is 0 Å². The summed E-state index contributed by atoms with van der Waals surface area (Å²) in [5.74, 6) is -2.68. The van der Waals surface area contributed by atoms with Crippen LogP contribution in [0.5, 0.6) is 0 Å². The summed E-state index contributed by atoms with van der Waals surface area (Å²) in [5.41, 5.74) is -3.47. The molecule has 17 unspecified atom stereocenters. The van der Waals surface area contributed by atoms with Crippen LogP contribution in [-0.4, -0.2) is 143 Å². The molecule has 3 saturated heterocycles. The molecule has 4 aliphatic heterocycles. The second kappa shape index (κ2) is 16.9. The Morgan fingerprint density at radius 3 is 2.30 bits per heavy atom. The summed E-state index contributed by atoms with van der Waals surface area (Å²) >= 11 is 0. The highest BCUT2D eigenvalue weighted by molar-refractivity contribution is 5.96. The van der Waals surface area contributed by atoms with E-state index in [2.05, 4.69) is 0 Å². The molecule has 0 spiro atoms. The first-order valence-electron chi connectivity index (χ1n) is 17.3.